The number of hydrogen-bond acceptors (Lipinski definition) is 4. The minimum Gasteiger partial charge on any atom is -0.353 e. The van der Waals surface area contributed by atoms with Crippen molar-refractivity contribution in [1.82, 2.24) is 10.6 Å². The molecule has 0 aromatic carbocycles. The molecule has 1 amide bonds. The predicted molar refractivity (Wildman–Crippen MR) is 77.0 cm³/mol. The minimum absolute atomic E-state index is 0. The van der Waals surface area contributed by atoms with Crippen molar-refractivity contribution < 1.29 is 4.79 Å². The third kappa shape index (κ3) is 6.89. The van der Waals surface area contributed by atoms with Crippen molar-refractivity contribution >= 4 is 41.8 Å². The van der Waals surface area contributed by atoms with Gasteiger partial charge in [0.1, 0.15) is 0 Å². The summed E-state index contributed by atoms with van der Waals surface area (Å²) in [6.45, 7) is 3.08. The quantitative estimate of drug-likeness (QED) is 0.800. The van der Waals surface area contributed by atoms with E-state index < -0.39 is 0 Å². The molecule has 3 nitrogen and oxygen atoms in total. The van der Waals surface area contributed by atoms with Crippen molar-refractivity contribution in [3.05, 3.63) is 0 Å². The van der Waals surface area contributed by atoms with Crippen LogP contribution in [0.1, 0.15) is 13.3 Å². The van der Waals surface area contributed by atoms with Crippen molar-refractivity contribution in [3.63, 3.8) is 0 Å². The van der Waals surface area contributed by atoms with Gasteiger partial charge in [-0.05, 0) is 13.2 Å². The summed E-state index contributed by atoms with van der Waals surface area (Å²) in [5.41, 5.74) is 0. The van der Waals surface area contributed by atoms with Crippen molar-refractivity contribution in [2.75, 3.05) is 30.1 Å². The molecule has 0 aromatic heterocycles. The first kappa shape index (κ1) is 16.4. The zero-order chi connectivity index (χ0) is 11.1. The average molecular weight is 285 g/mol. The number of carbonyl (C=O) groups is 1. The van der Waals surface area contributed by atoms with Crippen LogP contribution in [0.5, 0.6) is 0 Å². The summed E-state index contributed by atoms with van der Waals surface area (Å²) in [7, 11) is 0. The fraction of sp³-hybridized carbons (Fsp3) is 0.900. The molecule has 96 valence electrons. The van der Waals surface area contributed by atoms with E-state index in [1.807, 2.05) is 11.8 Å². The number of halogens is 1. The zero-order valence-corrected chi connectivity index (χ0v) is 12.3. The lowest BCUT2D eigenvalue weighted by Crippen LogP contribution is -2.43. The fourth-order valence-corrected chi connectivity index (χ4v) is 3.13. The second kappa shape index (κ2) is 9.45. The molecule has 0 aromatic rings. The number of nitrogens with one attached hydrogen (secondary N) is 2. The first-order chi connectivity index (χ1) is 7.22. The Morgan fingerprint density at radius 3 is 3.00 bits per heavy atom. The third-order valence-electron chi connectivity index (χ3n) is 2.25. The Hall–Kier alpha value is 0.420. The highest BCUT2D eigenvalue weighted by atomic mass is 35.5. The number of amides is 1. The molecular weight excluding hydrogens is 264 g/mol. The Bertz CT molecular complexity index is 201. The van der Waals surface area contributed by atoms with E-state index in [9.17, 15) is 4.79 Å². The summed E-state index contributed by atoms with van der Waals surface area (Å²) in [6.07, 6.45) is 2.67. The highest BCUT2D eigenvalue weighted by molar-refractivity contribution is 7.99. The van der Waals surface area contributed by atoms with Gasteiger partial charge in [0, 0.05) is 42.3 Å². The molecule has 0 radical (unpaired) electrons. The molecule has 0 spiro atoms. The average Bonchev–Trinajstić information content (AvgIpc) is 2.19. The summed E-state index contributed by atoms with van der Waals surface area (Å²) in [5, 5.41) is 6.39. The standard InChI is InChI=1S/C10H20N2OS2.ClH/c1-8(6-14-2)12-10(13)5-9-7-15-4-3-11-9;/h8-9,11H,3-7H2,1-2H3,(H,12,13);1H. The van der Waals surface area contributed by atoms with Crippen LogP contribution in [-0.4, -0.2) is 48.0 Å². The second-order valence-corrected chi connectivity index (χ2v) is 5.91. The topological polar surface area (TPSA) is 41.1 Å². The first-order valence-electron chi connectivity index (χ1n) is 5.31. The van der Waals surface area contributed by atoms with E-state index in [1.165, 1.54) is 5.75 Å². The Balaban J connectivity index is 0.00000225. The third-order valence-corrected chi connectivity index (χ3v) is 4.22. The van der Waals surface area contributed by atoms with E-state index in [0.717, 1.165) is 18.1 Å². The summed E-state index contributed by atoms with van der Waals surface area (Å²) in [6, 6.07) is 0.647. The molecule has 1 fully saturated rings. The highest BCUT2D eigenvalue weighted by Crippen LogP contribution is 2.10. The fourth-order valence-electron chi connectivity index (χ4n) is 1.60. The van der Waals surface area contributed by atoms with Crippen LogP contribution in [0.4, 0.5) is 0 Å². The van der Waals surface area contributed by atoms with Crippen molar-refractivity contribution in [1.29, 1.82) is 0 Å². The van der Waals surface area contributed by atoms with Gasteiger partial charge in [-0.2, -0.15) is 23.5 Å². The molecule has 1 aliphatic heterocycles. The first-order valence-corrected chi connectivity index (χ1v) is 7.86. The van der Waals surface area contributed by atoms with Gasteiger partial charge >= 0.3 is 0 Å². The van der Waals surface area contributed by atoms with Crippen molar-refractivity contribution in [2.24, 2.45) is 0 Å². The monoisotopic (exact) mass is 284 g/mol. The van der Waals surface area contributed by atoms with Gasteiger partial charge in [0.05, 0.1) is 0 Å². The number of hydrogen-bond donors (Lipinski definition) is 2. The Morgan fingerprint density at radius 2 is 2.44 bits per heavy atom. The van der Waals surface area contributed by atoms with Gasteiger partial charge < -0.3 is 10.6 Å². The molecular formula is C10H21ClN2OS2. The summed E-state index contributed by atoms with van der Waals surface area (Å²) < 4.78 is 0. The Kier molecular flexibility index (Phi) is 9.70. The maximum atomic E-state index is 11.6. The van der Waals surface area contributed by atoms with E-state index in [1.54, 1.807) is 11.8 Å². The van der Waals surface area contributed by atoms with Crippen LogP contribution in [0.3, 0.4) is 0 Å². The maximum absolute atomic E-state index is 11.6. The lowest BCUT2D eigenvalue weighted by Gasteiger charge is -2.23. The minimum atomic E-state index is 0. The highest BCUT2D eigenvalue weighted by Gasteiger charge is 2.17. The van der Waals surface area contributed by atoms with Crippen LogP contribution in [0, 0.1) is 0 Å². The zero-order valence-electron chi connectivity index (χ0n) is 9.82. The SMILES string of the molecule is CSCC(C)NC(=O)CC1CSCCN1.Cl. The largest absolute Gasteiger partial charge is 0.353 e. The molecule has 2 atom stereocenters. The smallest absolute Gasteiger partial charge is 0.221 e. The molecule has 1 aliphatic rings. The number of carbonyl (C=O) groups excluding carboxylic acids is 1. The normalized spacial score (nSPS) is 22.0. The summed E-state index contributed by atoms with van der Waals surface area (Å²) >= 11 is 3.69. The molecule has 6 heteroatoms. The lowest BCUT2D eigenvalue weighted by molar-refractivity contribution is -0.121. The van der Waals surface area contributed by atoms with E-state index in [4.69, 9.17) is 0 Å². The van der Waals surface area contributed by atoms with Gasteiger partial charge in [0.25, 0.3) is 0 Å². The summed E-state index contributed by atoms with van der Waals surface area (Å²) in [4.78, 5) is 11.6. The van der Waals surface area contributed by atoms with Gasteiger partial charge in [-0.25, -0.2) is 0 Å². The van der Waals surface area contributed by atoms with Crippen LogP contribution >= 0.6 is 35.9 Å². The molecule has 0 aliphatic carbocycles. The van der Waals surface area contributed by atoms with Gasteiger partial charge in [-0.1, -0.05) is 0 Å². The van der Waals surface area contributed by atoms with Gasteiger partial charge in [0.2, 0.25) is 5.91 Å². The van der Waals surface area contributed by atoms with Crippen LogP contribution in [0.15, 0.2) is 0 Å². The summed E-state index contributed by atoms with van der Waals surface area (Å²) in [5.74, 6) is 3.39. The number of rotatable bonds is 5. The predicted octanol–water partition coefficient (Wildman–Crippen LogP) is 1.37. The maximum Gasteiger partial charge on any atom is 0.221 e. The molecule has 2 unspecified atom stereocenters. The second-order valence-electron chi connectivity index (χ2n) is 3.85. The van der Waals surface area contributed by atoms with Crippen LogP contribution < -0.4 is 10.6 Å². The van der Waals surface area contributed by atoms with E-state index >= 15 is 0 Å². The molecule has 1 heterocycles. The Labute approximate surface area is 113 Å². The lowest BCUT2D eigenvalue weighted by atomic mass is 10.2. The molecule has 0 bridgehead atoms. The van der Waals surface area contributed by atoms with Crippen molar-refractivity contribution in [3.8, 4) is 0 Å². The van der Waals surface area contributed by atoms with Gasteiger partial charge in [-0.3, -0.25) is 4.79 Å². The molecule has 1 rings (SSSR count). The molecule has 16 heavy (non-hydrogen) atoms. The van der Waals surface area contributed by atoms with Crippen molar-refractivity contribution in [2.45, 2.75) is 25.4 Å². The number of thioether (sulfide) groups is 2. The molecule has 0 saturated carbocycles. The van der Waals surface area contributed by atoms with Gasteiger partial charge in [-0.15, -0.1) is 12.4 Å². The van der Waals surface area contributed by atoms with Crippen LogP contribution in [0.25, 0.3) is 0 Å². The van der Waals surface area contributed by atoms with Gasteiger partial charge in [0.15, 0.2) is 0 Å². The van der Waals surface area contributed by atoms with Crippen LogP contribution in [-0.2, 0) is 4.79 Å². The Morgan fingerprint density at radius 1 is 1.69 bits per heavy atom. The van der Waals surface area contributed by atoms with E-state index in [2.05, 4.69) is 23.8 Å². The molecule has 2 N–H and O–H groups in total. The van der Waals surface area contributed by atoms with Crippen LogP contribution in [0.2, 0.25) is 0 Å². The van der Waals surface area contributed by atoms with E-state index in [0.29, 0.717) is 12.5 Å². The molecule has 1 saturated heterocycles. The van der Waals surface area contributed by atoms with E-state index in [-0.39, 0.29) is 24.4 Å².